The van der Waals surface area contributed by atoms with E-state index in [1.165, 1.54) is 6.20 Å². The molecule has 0 aliphatic heterocycles. The third-order valence-corrected chi connectivity index (χ3v) is 3.44. The first-order valence-corrected chi connectivity index (χ1v) is 6.24. The second kappa shape index (κ2) is 5.35. The highest BCUT2D eigenvalue weighted by molar-refractivity contribution is 5.93. The molecule has 5 nitrogen and oxygen atoms in total. The van der Waals surface area contributed by atoms with Gasteiger partial charge < -0.3 is 15.5 Å². The zero-order valence-electron chi connectivity index (χ0n) is 10.2. The maximum atomic E-state index is 11.0. The number of aromatic carboxylic acids is 1. The van der Waals surface area contributed by atoms with Crippen LogP contribution < -0.4 is 5.32 Å². The second-order valence-corrected chi connectivity index (χ2v) is 4.86. The van der Waals surface area contributed by atoms with Crippen molar-refractivity contribution in [3.63, 3.8) is 0 Å². The number of rotatable bonds is 4. The third kappa shape index (κ3) is 2.98. The van der Waals surface area contributed by atoms with Crippen LogP contribution in [0.25, 0.3) is 0 Å². The minimum absolute atomic E-state index is 0.136. The van der Waals surface area contributed by atoms with Crippen LogP contribution in [-0.4, -0.2) is 33.3 Å². The number of aromatic nitrogens is 1. The van der Waals surface area contributed by atoms with Gasteiger partial charge in [-0.1, -0.05) is 19.3 Å². The van der Waals surface area contributed by atoms with Crippen molar-refractivity contribution in [2.75, 3.05) is 11.9 Å². The first-order valence-electron chi connectivity index (χ1n) is 6.24. The Morgan fingerprint density at radius 3 is 2.78 bits per heavy atom. The number of hydrogen-bond acceptors (Lipinski definition) is 4. The fourth-order valence-electron chi connectivity index (χ4n) is 2.37. The normalized spacial score (nSPS) is 18.3. The molecule has 1 saturated carbocycles. The van der Waals surface area contributed by atoms with E-state index in [1.807, 2.05) is 0 Å². The van der Waals surface area contributed by atoms with E-state index in [4.69, 9.17) is 5.11 Å². The Bertz CT molecular complexity index is 428. The van der Waals surface area contributed by atoms with Crippen molar-refractivity contribution in [3.8, 4) is 0 Å². The van der Waals surface area contributed by atoms with E-state index in [1.54, 1.807) is 12.3 Å². The predicted octanol–water partition coefficient (Wildman–Crippen LogP) is 1.89. The Morgan fingerprint density at radius 1 is 1.39 bits per heavy atom. The van der Waals surface area contributed by atoms with Gasteiger partial charge in [0, 0.05) is 18.9 Å². The molecule has 1 aliphatic carbocycles. The minimum atomic E-state index is -1.01. The Kier molecular flexibility index (Phi) is 3.81. The van der Waals surface area contributed by atoms with Crippen LogP contribution in [0.4, 0.5) is 5.69 Å². The van der Waals surface area contributed by atoms with Crippen LogP contribution in [0.1, 0.15) is 42.5 Å². The summed E-state index contributed by atoms with van der Waals surface area (Å²) < 4.78 is 0. The average Bonchev–Trinajstić information content (AvgIpc) is 2.38. The molecule has 1 aromatic heterocycles. The lowest BCUT2D eigenvalue weighted by molar-refractivity contribution is 0.0166. The van der Waals surface area contributed by atoms with Crippen molar-refractivity contribution < 1.29 is 15.0 Å². The summed E-state index contributed by atoms with van der Waals surface area (Å²) in [5.74, 6) is -1.01. The number of anilines is 1. The van der Waals surface area contributed by atoms with Crippen molar-refractivity contribution in [3.05, 3.63) is 24.0 Å². The Labute approximate surface area is 106 Å². The number of nitrogens with zero attached hydrogens (tertiary/aromatic N) is 1. The lowest BCUT2D eigenvalue weighted by Crippen LogP contribution is -2.39. The number of aliphatic hydroxyl groups is 1. The maximum absolute atomic E-state index is 11.0. The number of carbonyl (C=O) groups is 1. The van der Waals surface area contributed by atoms with E-state index in [0.29, 0.717) is 12.2 Å². The summed E-state index contributed by atoms with van der Waals surface area (Å²) in [6.45, 7) is 0.386. The number of carboxylic acids is 1. The molecule has 0 aromatic carbocycles. The van der Waals surface area contributed by atoms with Crippen LogP contribution in [0, 0.1) is 0 Å². The fourth-order valence-corrected chi connectivity index (χ4v) is 2.37. The first kappa shape index (κ1) is 12.8. The van der Waals surface area contributed by atoms with Gasteiger partial charge >= 0.3 is 5.97 Å². The molecule has 98 valence electrons. The number of nitrogens with one attached hydrogen (secondary N) is 1. The Balaban J connectivity index is 2.03. The number of carboxylic acid groups (broad SMARTS) is 1. The van der Waals surface area contributed by atoms with Gasteiger partial charge in [0.1, 0.15) is 5.56 Å². The van der Waals surface area contributed by atoms with Gasteiger partial charge in [0.2, 0.25) is 0 Å². The molecule has 0 bridgehead atoms. The van der Waals surface area contributed by atoms with Crippen molar-refractivity contribution in [1.82, 2.24) is 4.98 Å². The lowest BCUT2D eigenvalue weighted by atomic mass is 9.85. The molecule has 0 spiro atoms. The van der Waals surface area contributed by atoms with Gasteiger partial charge in [-0.3, -0.25) is 4.98 Å². The van der Waals surface area contributed by atoms with Crippen LogP contribution >= 0.6 is 0 Å². The zero-order chi connectivity index (χ0) is 13.0. The summed E-state index contributed by atoms with van der Waals surface area (Å²) in [5.41, 5.74) is -0.0643. The molecule has 0 radical (unpaired) electrons. The molecule has 1 aromatic rings. The van der Waals surface area contributed by atoms with Gasteiger partial charge in [-0.2, -0.15) is 0 Å². The van der Waals surface area contributed by atoms with Crippen molar-refractivity contribution in [2.45, 2.75) is 37.7 Å². The van der Waals surface area contributed by atoms with Gasteiger partial charge in [-0.15, -0.1) is 0 Å². The van der Waals surface area contributed by atoms with Crippen molar-refractivity contribution in [2.24, 2.45) is 0 Å². The molecule has 5 heteroatoms. The van der Waals surface area contributed by atoms with E-state index < -0.39 is 11.6 Å². The van der Waals surface area contributed by atoms with Crippen LogP contribution in [0.15, 0.2) is 18.5 Å². The molecule has 1 aliphatic rings. The highest BCUT2D eigenvalue weighted by Gasteiger charge is 2.29. The van der Waals surface area contributed by atoms with Crippen molar-refractivity contribution in [1.29, 1.82) is 0 Å². The molecular formula is C13H18N2O3. The molecule has 1 fully saturated rings. The van der Waals surface area contributed by atoms with E-state index in [0.717, 1.165) is 32.1 Å². The van der Waals surface area contributed by atoms with E-state index in [-0.39, 0.29) is 5.56 Å². The summed E-state index contributed by atoms with van der Waals surface area (Å²) in [4.78, 5) is 14.8. The van der Waals surface area contributed by atoms with Gasteiger partial charge in [-0.05, 0) is 18.9 Å². The molecule has 3 N–H and O–H groups in total. The summed E-state index contributed by atoms with van der Waals surface area (Å²) in [6.07, 6.45) is 7.62. The molecule has 0 unspecified atom stereocenters. The maximum Gasteiger partial charge on any atom is 0.339 e. The quantitative estimate of drug-likeness (QED) is 0.760. The number of hydrogen-bond donors (Lipinski definition) is 3. The van der Waals surface area contributed by atoms with E-state index in [9.17, 15) is 9.90 Å². The lowest BCUT2D eigenvalue weighted by Gasteiger charge is -2.32. The number of pyridine rings is 1. The van der Waals surface area contributed by atoms with E-state index in [2.05, 4.69) is 10.3 Å². The predicted molar refractivity (Wildman–Crippen MR) is 67.7 cm³/mol. The summed E-state index contributed by atoms with van der Waals surface area (Å²) >= 11 is 0. The minimum Gasteiger partial charge on any atom is -0.478 e. The molecule has 18 heavy (non-hydrogen) atoms. The summed E-state index contributed by atoms with van der Waals surface area (Å²) in [6, 6.07) is 1.62. The molecule has 0 atom stereocenters. The second-order valence-electron chi connectivity index (χ2n) is 4.86. The topological polar surface area (TPSA) is 82.5 Å². The Hall–Kier alpha value is -1.62. The largest absolute Gasteiger partial charge is 0.478 e. The van der Waals surface area contributed by atoms with Crippen molar-refractivity contribution >= 4 is 11.7 Å². The molecule has 0 saturated heterocycles. The molecule has 2 rings (SSSR count). The van der Waals surface area contributed by atoms with Crippen LogP contribution in [0.2, 0.25) is 0 Å². The smallest absolute Gasteiger partial charge is 0.339 e. The fraction of sp³-hybridized carbons (Fsp3) is 0.538. The third-order valence-electron chi connectivity index (χ3n) is 3.44. The molecule has 1 heterocycles. The Morgan fingerprint density at radius 2 is 2.11 bits per heavy atom. The summed E-state index contributed by atoms with van der Waals surface area (Å²) in [5, 5.41) is 22.4. The highest BCUT2D eigenvalue weighted by atomic mass is 16.4. The monoisotopic (exact) mass is 250 g/mol. The van der Waals surface area contributed by atoms with Gasteiger partial charge in [0.15, 0.2) is 0 Å². The summed E-state index contributed by atoms with van der Waals surface area (Å²) in [7, 11) is 0. The zero-order valence-corrected chi connectivity index (χ0v) is 10.2. The van der Waals surface area contributed by atoms with Gasteiger partial charge in [-0.25, -0.2) is 4.79 Å². The van der Waals surface area contributed by atoms with Crippen LogP contribution in [-0.2, 0) is 0 Å². The standard InChI is InChI=1S/C13H18N2O3/c16-12(17)10-8-14-7-4-11(10)15-9-13(18)5-2-1-3-6-13/h4,7-8,18H,1-3,5-6,9H2,(H,14,15)(H,16,17). The average molecular weight is 250 g/mol. The van der Waals surface area contributed by atoms with Gasteiger partial charge in [0.25, 0.3) is 0 Å². The molecular weight excluding hydrogens is 232 g/mol. The molecule has 0 amide bonds. The van der Waals surface area contributed by atoms with E-state index >= 15 is 0 Å². The van der Waals surface area contributed by atoms with Gasteiger partial charge in [0.05, 0.1) is 11.3 Å². The van der Waals surface area contributed by atoms with Crippen LogP contribution in [0.3, 0.4) is 0 Å². The SMILES string of the molecule is O=C(O)c1cnccc1NCC1(O)CCCCC1. The first-order chi connectivity index (χ1) is 8.61. The highest BCUT2D eigenvalue weighted by Crippen LogP contribution is 2.28. The van der Waals surface area contributed by atoms with Crippen LogP contribution in [0.5, 0.6) is 0 Å².